The van der Waals surface area contributed by atoms with E-state index < -0.39 is 22.6 Å². The smallest absolute Gasteiger partial charge is 0.338 e. The molecule has 7 nitrogen and oxygen atoms in total. The van der Waals surface area contributed by atoms with Crippen molar-refractivity contribution >= 4 is 33.3 Å². The molecule has 0 aliphatic heterocycles. The molecule has 0 fully saturated rings. The maximum Gasteiger partial charge on any atom is 0.338 e. The first-order valence-corrected chi connectivity index (χ1v) is 12.0. The topological polar surface area (TPSA) is 84.0 Å². The molecule has 0 radical (unpaired) electrons. The SMILES string of the molecule is CCN(C(=O)COC(=O)c1ccc(S(=O)(=O)N(CC)c2ccccc2)cc1)c1ccccc1. The molecule has 0 N–H and O–H groups in total. The van der Waals surface area contributed by atoms with Gasteiger partial charge in [0.05, 0.1) is 16.1 Å². The van der Waals surface area contributed by atoms with Gasteiger partial charge in [-0.25, -0.2) is 13.2 Å². The number of para-hydroxylation sites is 2. The van der Waals surface area contributed by atoms with E-state index in [9.17, 15) is 18.0 Å². The molecule has 3 rings (SSSR count). The second-order valence-corrected chi connectivity index (χ2v) is 8.94. The minimum absolute atomic E-state index is 0.0575. The number of esters is 1. The van der Waals surface area contributed by atoms with Gasteiger partial charge in [-0.1, -0.05) is 36.4 Å². The summed E-state index contributed by atoms with van der Waals surface area (Å²) in [6.45, 7) is 3.86. The average Bonchev–Trinajstić information content (AvgIpc) is 2.84. The predicted octanol–water partition coefficient (Wildman–Crippen LogP) is 4.11. The van der Waals surface area contributed by atoms with Crippen LogP contribution in [0.15, 0.2) is 89.8 Å². The van der Waals surface area contributed by atoms with Crippen molar-refractivity contribution < 1.29 is 22.7 Å². The molecule has 0 aliphatic carbocycles. The molecule has 0 saturated heterocycles. The molecule has 0 atom stereocenters. The number of rotatable bonds is 9. The number of hydrogen-bond acceptors (Lipinski definition) is 5. The predicted molar refractivity (Wildman–Crippen MR) is 128 cm³/mol. The highest BCUT2D eigenvalue weighted by Gasteiger charge is 2.24. The van der Waals surface area contributed by atoms with Crippen LogP contribution < -0.4 is 9.21 Å². The van der Waals surface area contributed by atoms with E-state index in [4.69, 9.17) is 4.74 Å². The Morgan fingerprint density at radius 3 is 1.82 bits per heavy atom. The largest absolute Gasteiger partial charge is 0.452 e. The lowest BCUT2D eigenvalue weighted by molar-refractivity contribution is -0.121. The zero-order valence-corrected chi connectivity index (χ0v) is 19.4. The molecule has 8 heteroatoms. The van der Waals surface area contributed by atoms with Gasteiger partial charge in [-0.3, -0.25) is 9.10 Å². The van der Waals surface area contributed by atoms with Gasteiger partial charge in [0.2, 0.25) is 0 Å². The lowest BCUT2D eigenvalue weighted by atomic mass is 10.2. The third kappa shape index (κ3) is 5.59. The van der Waals surface area contributed by atoms with Gasteiger partial charge in [-0.15, -0.1) is 0 Å². The Bertz CT molecular complexity index is 1180. The monoisotopic (exact) mass is 466 g/mol. The van der Waals surface area contributed by atoms with Gasteiger partial charge < -0.3 is 9.64 Å². The number of likely N-dealkylation sites (N-methyl/N-ethyl adjacent to an activating group) is 1. The van der Waals surface area contributed by atoms with Crippen LogP contribution in [0.4, 0.5) is 11.4 Å². The molecule has 0 aliphatic rings. The quantitative estimate of drug-likeness (QED) is 0.443. The van der Waals surface area contributed by atoms with Crippen LogP contribution >= 0.6 is 0 Å². The van der Waals surface area contributed by atoms with E-state index in [1.807, 2.05) is 31.2 Å². The van der Waals surface area contributed by atoms with Crippen LogP contribution in [0, 0.1) is 0 Å². The van der Waals surface area contributed by atoms with Crippen LogP contribution in [0.1, 0.15) is 24.2 Å². The van der Waals surface area contributed by atoms with E-state index in [-0.39, 0.29) is 22.9 Å². The van der Waals surface area contributed by atoms with Crippen molar-refractivity contribution in [2.45, 2.75) is 18.7 Å². The lowest BCUT2D eigenvalue weighted by Crippen LogP contribution is -2.34. The Morgan fingerprint density at radius 2 is 1.30 bits per heavy atom. The third-order valence-electron chi connectivity index (χ3n) is 5.02. The summed E-state index contributed by atoms with van der Waals surface area (Å²) in [4.78, 5) is 26.5. The molecular weight excluding hydrogens is 440 g/mol. The molecule has 0 heterocycles. The summed E-state index contributed by atoms with van der Waals surface area (Å²) in [6.07, 6.45) is 0. The van der Waals surface area contributed by atoms with Gasteiger partial charge >= 0.3 is 5.97 Å². The van der Waals surface area contributed by atoms with E-state index in [1.54, 1.807) is 43.3 Å². The first-order chi connectivity index (χ1) is 15.9. The summed E-state index contributed by atoms with van der Waals surface area (Å²) in [5, 5.41) is 0. The van der Waals surface area contributed by atoms with Gasteiger partial charge in [0.25, 0.3) is 15.9 Å². The number of hydrogen-bond donors (Lipinski definition) is 0. The number of nitrogens with zero attached hydrogens (tertiary/aromatic N) is 2. The second kappa shape index (κ2) is 10.8. The Morgan fingerprint density at radius 1 is 0.758 bits per heavy atom. The van der Waals surface area contributed by atoms with Gasteiger partial charge in [0.15, 0.2) is 6.61 Å². The first kappa shape index (κ1) is 24.0. The summed E-state index contributed by atoms with van der Waals surface area (Å²) in [6, 6.07) is 23.4. The third-order valence-corrected chi connectivity index (χ3v) is 6.94. The highest BCUT2D eigenvalue weighted by Crippen LogP contribution is 2.23. The number of sulfonamides is 1. The fraction of sp³-hybridized carbons (Fsp3) is 0.200. The maximum absolute atomic E-state index is 13.1. The van der Waals surface area contributed by atoms with E-state index in [0.29, 0.717) is 12.2 Å². The minimum Gasteiger partial charge on any atom is -0.452 e. The van der Waals surface area contributed by atoms with Crippen LogP contribution in [0.5, 0.6) is 0 Å². The molecule has 0 saturated carbocycles. The Labute approximate surface area is 194 Å². The summed E-state index contributed by atoms with van der Waals surface area (Å²) in [7, 11) is -3.80. The molecule has 33 heavy (non-hydrogen) atoms. The second-order valence-electron chi connectivity index (χ2n) is 7.08. The van der Waals surface area contributed by atoms with Gasteiger partial charge in [-0.05, 0) is 62.4 Å². The van der Waals surface area contributed by atoms with Crippen molar-refractivity contribution in [2.24, 2.45) is 0 Å². The van der Waals surface area contributed by atoms with E-state index in [1.165, 1.54) is 33.5 Å². The van der Waals surface area contributed by atoms with Crippen LogP contribution in [0.3, 0.4) is 0 Å². The number of carbonyl (C=O) groups excluding carboxylic acids is 2. The maximum atomic E-state index is 13.1. The minimum atomic E-state index is -3.80. The molecule has 3 aromatic carbocycles. The highest BCUT2D eigenvalue weighted by molar-refractivity contribution is 7.92. The van der Waals surface area contributed by atoms with Gasteiger partial charge in [0.1, 0.15) is 0 Å². The average molecular weight is 467 g/mol. The van der Waals surface area contributed by atoms with E-state index in [2.05, 4.69) is 0 Å². The van der Waals surface area contributed by atoms with Crippen molar-refractivity contribution in [3.63, 3.8) is 0 Å². The van der Waals surface area contributed by atoms with Crippen LogP contribution in [0.2, 0.25) is 0 Å². The molecular formula is C25H26N2O5S. The summed E-state index contributed by atoms with van der Waals surface area (Å²) >= 11 is 0. The summed E-state index contributed by atoms with van der Waals surface area (Å²) in [5.74, 6) is -1.05. The van der Waals surface area contributed by atoms with Gasteiger partial charge in [-0.2, -0.15) is 0 Å². The van der Waals surface area contributed by atoms with Crippen LogP contribution in [-0.2, 0) is 19.6 Å². The normalized spacial score (nSPS) is 11.0. The molecule has 0 spiro atoms. The van der Waals surface area contributed by atoms with Gasteiger partial charge in [0, 0.05) is 18.8 Å². The number of benzene rings is 3. The summed E-state index contributed by atoms with van der Waals surface area (Å²) < 4.78 is 32.6. The number of anilines is 2. The van der Waals surface area contributed by atoms with Crippen molar-refractivity contribution in [3.05, 3.63) is 90.5 Å². The molecule has 1 amide bonds. The fourth-order valence-electron chi connectivity index (χ4n) is 3.38. The molecule has 0 bridgehead atoms. The Balaban J connectivity index is 1.68. The van der Waals surface area contributed by atoms with E-state index in [0.717, 1.165) is 5.69 Å². The number of ether oxygens (including phenoxy) is 1. The molecule has 0 aromatic heterocycles. The molecule has 172 valence electrons. The highest BCUT2D eigenvalue weighted by atomic mass is 32.2. The van der Waals surface area contributed by atoms with Crippen LogP contribution in [-0.4, -0.2) is 40.0 Å². The first-order valence-electron chi connectivity index (χ1n) is 10.6. The Kier molecular flexibility index (Phi) is 7.84. The van der Waals surface area contributed by atoms with Crippen molar-refractivity contribution in [3.8, 4) is 0 Å². The summed E-state index contributed by atoms with van der Waals surface area (Å²) in [5.41, 5.74) is 1.43. The van der Waals surface area contributed by atoms with Crippen molar-refractivity contribution in [1.29, 1.82) is 0 Å². The van der Waals surface area contributed by atoms with E-state index >= 15 is 0 Å². The molecule has 0 unspecified atom stereocenters. The number of amides is 1. The zero-order valence-electron chi connectivity index (χ0n) is 18.5. The lowest BCUT2D eigenvalue weighted by Gasteiger charge is -2.23. The van der Waals surface area contributed by atoms with Crippen LogP contribution in [0.25, 0.3) is 0 Å². The fourth-order valence-corrected chi connectivity index (χ4v) is 4.85. The standard InChI is InChI=1S/C25H26N2O5S/c1-3-26(21-11-7-5-8-12-21)24(28)19-32-25(29)20-15-17-23(18-16-20)33(30,31)27(4-2)22-13-9-6-10-14-22/h5-18H,3-4,19H2,1-2H3. The van der Waals surface area contributed by atoms with Crippen molar-refractivity contribution in [2.75, 3.05) is 28.9 Å². The zero-order chi connectivity index (χ0) is 23.8. The molecule has 3 aromatic rings. The Hall–Kier alpha value is -3.65. The van der Waals surface area contributed by atoms with Crippen molar-refractivity contribution in [1.82, 2.24) is 0 Å². The number of carbonyl (C=O) groups is 2.